The van der Waals surface area contributed by atoms with Crippen molar-refractivity contribution in [2.75, 3.05) is 0 Å². The second-order valence-corrected chi connectivity index (χ2v) is 18.0. The van der Waals surface area contributed by atoms with Crippen LogP contribution in [0.3, 0.4) is 0 Å². The molecule has 0 aliphatic heterocycles. The zero-order valence-electron chi connectivity index (χ0n) is 23.8. The highest BCUT2D eigenvalue weighted by Crippen LogP contribution is 2.37. The van der Waals surface area contributed by atoms with Crippen molar-refractivity contribution in [2.45, 2.75) is 25.9 Å². The van der Waals surface area contributed by atoms with Crippen LogP contribution in [0.2, 0.25) is 15.1 Å². The Labute approximate surface area is 291 Å². The maximum absolute atomic E-state index is 12.9. The van der Waals surface area contributed by atoms with Gasteiger partial charge in [-0.25, -0.2) is 16.8 Å². The van der Waals surface area contributed by atoms with Gasteiger partial charge in [0.2, 0.25) is 0 Å². The lowest BCUT2D eigenvalue weighted by molar-refractivity contribution is -0.0517. The molecule has 0 bridgehead atoms. The Kier molecular flexibility index (Phi) is 12.5. The van der Waals surface area contributed by atoms with Gasteiger partial charge in [0.05, 0.1) is 23.6 Å². The largest absolute Gasteiger partial charge is 0.741 e. The summed E-state index contributed by atoms with van der Waals surface area (Å²) in [5.74, 6) is -0.0661. The Bertz CT molecular complexity index is 1990. The summed E-state index contributed by atoms with van der Waals surface area (Å²) in [5, 5.41) is 5.50. The molecule has 0 aromatic heterocycles. The number of halogens is 6. The van der Waals surface area contributed by atoms with Crippen molar-refractivity contribution >= 4 is 90.4 Å². The van der Waals surface area contributed by atoms with Gasteiger partial charge in [0.25, 0.3) is 0 Å². The Morgan fingerprint density at radius 3 is 1.53 bits per heavy atom. The molecule has 15 heteroatoms. The fraction of sp³-hybridized carbons (Fsp3) is 0.0625. The van der Waals surface area contributed by atoms with Gasteiger partial charge >= 0.3 is 5.51 Å². The highest BCUT2D eigenvalue weighted by molar-refractivity contribution is 7.99. The normalized spacial score (nSPS) is 12.0. The molecule has 0 heterocycles. The molecule has 0 unspecified atom stereocenters. The summed E-state index contributed by atoms with van der Waals surface area (Å²) in [6.07, 6.45) is 0. The zero-order valence-corrected chi connectivity index (χ0v) is 29.5. The summed E-state index contributed by atoms with van der Waals surface area (Å²) < 4.78 is 84.7. The fourth-order valence-corrected chi connectivity index (χ4v) is 9.49. The van der Waals surface area contributed by atoms with E-state index < -0.39 is 33.4 Å². The fourth-order valence-electron chi connectivity index (χ4n) is 4.18. The van der Waals surface area contributed by atoms with E-state index in [-0.39, 0.29) is 10.6 Å². The Morgan fingerprint density at radius 1 is 0.660 bits per heavy atom. The van der Waals surface area contributed by atoms with Gasteiger partial charge in [0, 0.05) is 19.8 Å². The van der Waals surface area contributed by atoms with Crippen LogP contribution in [-0.4, -0.2) is 26.9 Å². The number of alkyl halides is 3. The van der Waals surface area contributed by atoms with Crippen molar-refractivity contribution in [2.24, 2.45) is 0 Å². The van der Waals surface area contributed by atoms with Gasteiger partial charge in [-0.2, -0.15) is 13.2 Å². The van der Waals surface area contributed by atoms with E-state index in [9.17, 15) is 21.6 Å². The van der Waals surface area contributed by atoms with Crippen LogP contribution in [0.25, 0.3) is 0 Å². The molecule has 0 N–H and O–H groups in total. The molecular formula is C32H23Cl3F3O5PS3. The standard InChI is InChI=1S/C31H22Cl3O2PS2.CHF3O3S/c32-23-6-10-25(11-7-23)37(26-12-8-24(33)9-13-26)27-14-16-28(17-15-27)38-31-19-18-29(20-30(31)34)39(35,36)21-22-4-2-1-3-5-22;2-1(3,4)8(5,6)7/h1-20H,21H2;(H,5,6,7). The lowest BCUT2D eigenvalue weighted by Crippen LogP contribution is -2.21. The zero-order chi connectivity index (χ0) is 34.4. The first-order chi connectivity index (χ1) is 22.0. The molecule has 0 atom stereocenters. The van der Waals surface area contributed by atoms with Crippen LogP contribution >= 0.6 is 54.5 Å². The summed E-state index contributed by atoms with van der Waals surface area (Å²) in [7, 11) is -10.9. The van der Waals surface area contributed by atoms with Crippen molar-refractivity contribution in [3.63, 3.8) is 0 Å². The van der Waals surface area contributed by atoms with E-state index >= 15 is 0 Å². The summed E-state index contributed by atoms with van der Waals surface area (Å²) in [5.41, 5.74) is -4.90. The number of sulfone groups is 1. The minimum Gasteiger partial charge on any atom is -0.741 e. The predicted octanol–water partition coefficient (Wildman–Crippen LogP) is 8.31. The van der Waals surface area contributed by atoms with Crippen LogP contribution in [0, 0.1) is 0 Å². The molecule has 0 radical (unpaired) electrons. The quantitative estimate of drug-likeness (QED) is 0.0895. The average molecular weight is 778 g/mol. The van der Waals surface area contributed by atoms with Crippen LogP contribution in [0.15, 0.2) is 136 Å². The molecule has 0 amide bonds. The molecular weight excluding hydrogens is 755 g/mol. The summed E-state index contributed by atoms with van der Waals surface area (Å²) in [4.78, 5) is 2.02. The maximum Gasteiger partial charge on any atom is 0.485 e. The van der Waals surface area contributed by atoms with Gasteiger partial charge in [-0.15, -0.1) is 0 Å². The van der Waals surface area contributed by atoms with Crippen LogP contribution in [-0.2, 0) is 25.7 Å². The molecule has 47 heavy (non-hydrogen) atoms. The molecule has 5 aromatic rings. The van der Waals surface area contributed by atoms with E-state index in [1.54, 1.807) is 30.3 Å². The van der Waals surface area contributed by atoms with Gasteiger partial charge < -0.3 is 4.55 Å². The molecule has 5 rings (SSSR count). The van der Waals surface area contributed by atoms with Crippen molar-refractivity contribution in [3.05, 3.63) is 142 Å². The van der Waals surface area contributed by atoms with Crippen LogP contribution in [0.1, 0.15) is 5.56 Å². The SMILES string of the molecule is O=S(=O)(Cc1ccccc1)c1ccc(Sc2ccc([PH+](c3ccc(Cl)cc3)c3ccc(Cl)cc3)cc2)c(Cl)c1.O=S(=O)([O-])C(F)(F)F. The third-order valence-electron chi connectivity index (χ3n) is 6.38. The van der Waals surface area contributed by atoms with Crippen LogP contribution in [0.5, 0.6) is 0 Å². The van der Waals surface area contributed by atoms with Crippen molar-refractivity contribution in [1.82, 2.24) is 0 Å². The number of benzene rings is 5. The van der Waals surface area contributed by atoms with E-state index in [4.69, 9.17) is 47.8 Å². The van der Waals surface area contributed by atoms with Crippen LogP contribution in [0.4, 0.5) is 13.2 Å². The third kappa shape index (κ3) is 10.4. The molecule has 0 saturated heterocycles. The predicted molar refractivity (Wildman–Crippen MR) is 185 cm³/mol. The van der Waals surface area contributed by atoms with E-state index in [0.29, 0.717) is 15.1 Å². The first-order valence-electron chi connectivity index (χ1n) is 13.3. The topological polar surface area (TPSA) is 91.3 Å². The van der Waals surface area contributed by atoms with E-state index in [1.807, 2.05) is 42.5 Å². The Morgan fingerprint density at radius 2 is 1.11 bits per heavy atom. The first-order valence-corrected chi connectivity index (χ1v) is 19.8. The highest BCUT2D eigenvalue weighted by atomic mass is 35.5. The monoisotopic (exact) mass is 776 g/mol. The summed E-state index contributed by atoms with van der Waals surface area (Å²) in [6.45, 7) is 0. The smallest absolute Gasteiger partial charge is 0.485 e. The Balaban J connectivity index is 0.000000555. The molecule has 0 saturated carbocycles. The number of hydrogen-bond donors (Lipinski definition) is 0. The van der Waals surface area contributed by atoms with Crippen LogP contribution < -0.4 is 15.9 Å². The molecule has 0 aliphatic carbocycles. The third-order valence-corrected chi connectivity index (χ3v) is 13.4. The summed E-state index contributed by atoms with van der Waals surface area (Å²) in [6, 6.07) is 38.6. The molecule has 0 fully saturated rings. The minimum absolute atomic E-state index is 0.0661. The maximum atomic E-state index is 12.9. The highest BCUT2D eigenvalue weighted by Gasteiger charge is 2.37. The van der Waals surface area contributed by atoms with Gasteiger partial charge in [0.15, 0.2) is 20.0 Å². The van der Waals surface area contributed by atoms with Crippen molar-refractivity contribution in [3.8, 4) is 0 Å². The lowest BCUT2D eigenvalue weighted by atomic mass is 10.2. The lowest BCUT2D eigenvalue weighted by Gasteiger charge is -2.12. The number of rotatable bonds is 8. The first kappa shape index (κ1) is 37.2. The van der Waals surface area contributed by atoms with E-state index in [2.05, 4.69) is 48.5 Å². The van der Waals surface area contributed by atoms with E-state index in [1.165, 1.54) is 27.7 Å². The molecule has 246 valence electrons. The molecule has 0 spiro atoms. The van der Waals surface area contributed by atoms with Crippen molar-refractivity contribution in [1.29, 1.82) is 0 Å². The van der Waals surface area contributed by atoms with Gasteiger partial charge in [-0.05, 0) is 96.6 Å². The van der Waals surface area contributed by atoms with Crippen molar-refractivity contribution < 1.29 is 34.6 Å². The second-order valence-electron chi connectivity index (χ2n) is 9.75. The molecule has 0 aliphatic rings. The van der Waals surface area contributed by atoms with Gasteiger partial charge in [-0.1, -0.05) is 76.9 Å². The van der Waals surface area contributed by atoms with Gasteiger partial charge in [-0.3, -0.25) is 0 Å². The number of hydrogen-bond acceptors (Lipinski definition) is 6. The van der Waals surface area contributed by atoms with Gasteiger partial charge in [0.1, 0.15) is 15.9 Å². The van der Waals surface area contributed by atoms with E-state index in [0.717, 1.165) is 15.4 Å². The molecule has 5 aromatic carbocycles. The Hall–Kier alpha value is -2.60. The molecule has 5 nitrogen and oxygen atoms in total. The second kappa shape index (κ2) is 15.7. The average Bonchev–Trinajstić information content (AvgIpc) is 3.00. The summed E-state index contributed by atoms with van der Waals surface area (Å²) >= 11 is 20.4. The minimum atomic E-state index is -6.09.